The number of benzene rings is 2. The van der Waals surface area contributed by atoms with Gasteiger partial charge in [0.05, 0.1) is 13.0 Å². The Labute approximate surface area is 138 Å². The van der Waals surface area contributed by atoms with Crippen LogP contribution in [0.3, 0.4) is 0 Å². The number of nitrogens with two attached hydrogens (primary N) is 1. The summed E-state index contributed by atoms with van der Waals surface area (Å²) < 4.78 is 23.7. The molecule has 0 atom stereocenters. The number of primary amides is 1. The molecule has 0 aliphatic carbocycles. The van der Waals surface area contributed by atoms with E-state index in [1.54, 1.807) is 36.4 Å². The van der Waals surface area contributed by atoms with Crippen molar-refractivity contribution in [2.24, 2.45) is 5.73 Å². The molecule has 0 unspecified atom stereocenters. The molecule has 0 saturated heterocycles. The van der Waals surface area contributed by atoms with E-state index in [0.717, 1.165) is 0 Å². The summed E-state index contributed by atoms with van der Waals surface area (Å²) in [5.41, 5.74) is 5.54. The lowest BCUT2D eigenvalue weighted by Gasteiger charge is -2.09. The number of carbonyl (C=O) groups excluding carboxylic acids is 2. The van der Waals surface area contributed by atoms with Gasteiger partial charge >= 0.3 is 0 Å². The fraction of sp³-hybridized carbons (Fsp3) is 0.176. The first-order valence-electron chi connectivity index (χ1n) is 7.23. The number of anilines is 1. The first-order valence-corrected chi connectivity index (χ1v) is 7.23. The van der Waals surface area contributed by atoms with Gasteiger partial charge in [-0.05, 0) is 36.4 Å². The minimum Gasteiger partial charge on any atom is -0.490 e. The molecular weight excluding hydrogens is 315 g/mol. The van der Waals surface area contributed by atoms with E-state index in [9.17, 15) is 14.0 Å². The van der Waals surface area contributed by atoms with Gasteiger partial charge in [-0.2, -0.15) is 0 Å². The molecule has 24 heavy (non-hydrogen) atoms. The molecule has 126 valence electrons. The average molecular weight is 332 g/mol. The summed E-state index contributed by atoms with van der Waals surface area (Å²) in [7, 11) is 0. The second kappa shape index (κ2) is 8.52. The third kappa shape index (κ3) is 5.60. The standard InChI is InChI=1S/C17H17FN2O4/c18-14-3-1-2-4-15(14)23-10-9-17(22)20-12-5-7-13(8-6-12)24-11-16(19)21/h1-8H,9-11H2,(H2,19,21)(H,20,22). The minimum atomic E-state index is -0.567. The van der Waals surface area contributed by atoms with Crippen molar-refractivity contribution in [1.82, 2.24) is 0 Å². The number of para-hydroxylation sites is 1. The van der Waals surface area contributed by atoms with Gasteiger partial charge in [0.15, 0.2) is 18.2 Å². The third-order valence-corrected chi connectivity index (χ3v) is 2.94. The molecule has 0 spiro atoms. The Morgan fingerprint density at radius 2 is 1.75 bits per heavy atom. The van der Waals surface area contributed by atoms with Crippen molar-refractivity contribution < 1.29 is 23.5 Å². The molecule has 2 amide bonds. The monoisotopic (exact) mass is 332 g/mol. The van der Waals surface area contributed by atoms with Gasteiger partial charge in [0.25, 0.3) is 5.91 Å². The Morgan fingerprint density at radius 3 is 2.42 bits per heavy atom. The quantitative estimate of drug-likeness (QED) is 0.774. The average Bonchev–Trinajstić information content (AvgIpc) is 2.56. The Balaban J connectivity index is 1.76. The second-order valence-electron chi connectivity index (χ2n) is 4.86. The predicted octanol–water partition coefficient (Wildman–Crippen LogP) is 2.10. The van der Waals surface area contributed by atoms with E-state index >= 15 is 0 Å². The lowest BCUT2D eigenvalue weighted by atomic mass is 10.3. The van der Waals surface area contributed by atoms with Gasteiger partial charge in [-0.1, -0.05) is 12.1 Å². The van der Waals surface area contributed by atoms with Crippen LogP contribution in [0.4, 0.5) is 10.1 Å². The number of carbonyl (C=O) groups is 2. The zero-order chi connectivity index (χ0) is 17.4. The van der Waals surface area contributed by atoms with E-state index in [2.05, 4.69) is 5.32 Å². The van der Waals surface area contributed by atoms with Gasteiger partial charge in [-0.25, -0.2) is 4.39 Å². The molecule has 7 heteroatoms. The van der Waals surface area contributed by atoms with Crippen LogP contribution in [-0.2, 0) is 9.59 Å². The highest BCUT2D eigenvalue weighted by Crippen LogP contribution is 2.17. The normalized spacial score (nSPS) is 10.0. The maximum absolute atomic E-state index is 13.3. The Hall–Kier alpha value is -3.09. The molecule has 2 aromatic rings. The number of halogens is 1. The first-order chi connectivity index (χ1) is 11.5. The van der Waals surface area contributed by atoms with Gasteiger partial charge in [-0.15, -0.1) is 0 Å². The molecule has 2 rings (SSSR count). The molecule has 6 nitrogen and oxygen atoms in total. The van der Waals surface area contributed by atoms with E-state index in [-0.39, 0.29) is 31.3 Å². The summed E-state index contributed by atoms with van der Waals surface area (Å²) in [6.45, 7) is -0.147. The van der Waals surface area contributed by atoms with Gasteiger partial charge in [-0.3, -0.25) is 9.59 Å². The molecule has 0 heterocycles. The smallest absolute Gasteiger partial charge is 0.255 e. The van der Waals surface area contributed by atoms with Crippen molar-refractivity contribution in [2.75, 3.05) is 18.5 Å². The SMILES string of the molecule is NC(=O)COc1ccc(NC(=O)CCOc2ccccc2F)cc1. The van der Waals surface area contributed by atoms with E-state index in [1.807, 2.05) is 0 Å². The van der Waals surface area contributed by atoms with Gasteiger partial charge < -0.3 is 20.5 Å². The van der Waals surface area contributed by atoms with Crippen LogP contribution in [0, 0.1) is 5.82 Å². The fourth-order valence-corrected chi connectivity index (χ4v) is 1.83. The Morgan fingerprint density at radius 1 is 1.04 bits per heavy atom. The van der Waals surface area contributed by atoms with Gasteiger partial charge in [0, 0.05) is 5.69 Å². The van der Waals surface area contributed by atoms with Gasteiger partial charge in [0.1, 0.15) is 5.75 Å². The van der Waals surface area contributed by atoms with Crippen LogP contribution in [0.15, 0.2) is 48.5 Å². The second-order valence-corrected chi connectivity index (χ2v) is 4.86. The van der Waals surface area contributed by atoms with Crippen molar-refractivity contribution in [1.29, 1.82) is 0 Å². The van der Waals surface area contributed by atoms with Crippen molar-refractivity contribution in [3.8, 4) is 11.5 Å². The van der Waals surface area contributed by atoms with Crippen LogP contribution in [0.1, 0.15) is 6.42 Å². The number of hydrogen-bond donors (Lipinski definition) is 2. The van der Waals surface area contributed by atoms with E-state index in [1.165, 1.54) is 12.1 Å². The zero-order valence-electron chi connectivity index (χ0n) is 12.8. The highest BCUT2D eigenvalue weighted by atomic mass is 19.1. The molecule has 0 saturated carbocycles. The molecule has 0 bridgehead atoms. The van der Waals surface area contributed by atoms with Crippen LogP contribution < -0.4 is 20.5 Å². The Kier molecular flexibility index (Phi) is 6.13. The van der Waals surface area contributed by atoms with Crippen LogP contribution in [0.25, 0.3) is 0 Å². The summed E-state index contributed by atoms with van der Waals surface area (Å²) in [6.07, 6.45) is 0.0776. The van der Waals surface area contributed by atoms with E-state index < -0.39 is 11.7 Å². The summed E-state index contributed by atoms with van der Waals surface area (Å²) in [4.78, 5) is 22.4. The number of amides is 2. The molecule has 0 aliphatic heterocycles. The molecule has 2 aromatic carbocycles. The Bertz CT molecular complexity index is 704. The highest BCUT2D eigenvalue weighted by Gasteiger charge is 2.06. The lowest BCUT2D eigenvalue weighted by Crippen LogP contribution is -2.20. The number of hydrogen-bond acceptors (Lipinski definition) is 4. The lowest BCUT2D eigenvalue weighted by molar-refractivity contribution is -0.120. The van der Waals surface area contributed by atoms with Crippen LogP contribution in [0.5, 0.6) is 11.5 Å². The van der Waals surface area contributed by atoms with Crippen molar-refractivity contribution in [3.05, 3.63) is 54.3 Å². The fourth-order valence-electron chi connectivity index (χ4n) is 1.83. The highest BCUT2D eigenvalue weighted by molar-refractivity contribution is 5.90. The van der Waals surface area contributed by atoms with Crippen molar-refractivity contribution >= 4 is 17.5 Å². The largest absolute Gasteiger partial charge is 0.490 e. The molecule has 3 N–H and O–H groups in total. The summed E-state index contributed by atoms with van der Waals surface area (Å²) >= 11 is 0. The summed E-state index contributed by atoms with van der Waals surface area (Å²) in [5.74, 6) is -0.722. The molecule has 0 aliphatic rings. The van der Waals surface area contributed by atoms with Crippen LogP contribution in [-0.4, -0.2) is 25.0 Å². The summed E-state index contributed by atoms with van der Waals surface area (Å²) in [6, 6.07) is 12.5. The topological polar surface area (TPSA) is 90.7 Å². The molecule has 0 radical (unpaired) electrons. The minimum absolute atomic E-state index is 0.0621. The first kappa shape index (κ1) is 17.3. The van der Waals surface area contributed by atoms with E-state index in [4.69, 9.17) is 15.2 Å². The van der Waals surface area contributed by atoms with Crippen molar-refractivity contribution in [3.63, 3.8) is 0 Å². The number of rotatable bonds is 8. The molecule has 0 aromatic heterocycles. The van der Waals surface area contributed by atoms with E-state index in [0.29, 0.717) is 11.4 Å². The zero-order valence-corrected chi connectivity index (χ0v) is 12.8. The summed E-state index contributed by atoms with van der Waals surface area (Å²) in [5, 5.41) is 2.68. The van der Waals surface area contributed by atoms with Crippen LogP contribution >= 0.6 is 0 Å². The number of ether oxygens (including phenoxy) is 2. The van der Waals surface area contributed by atoms with Crippen LogP contribution in [0.2, 0.25) is 0 Å². The molecule has 0 fully saturated rings. The predicted molar refractivity (Wildman–Crippen MR) is 86.3 cm³/mol. The third-order valence-electron chi connectivity index (χ3n) is 2.94. The molecular formula is C17H17FN2O4. The van der Waals surface area contributed by atoms with Gasteiger partial charge in [0.2, 0.25) is 5.91 Å². The maximum atomic E-state index is 13.3. The van der Waals surface area contributed by atoms with Crippen molar-refractivity contribution in [2.45, 2.75) is 6.42 Å². The maximum Gasteiger partial charge on any atom is 0.255 e. The number of nitrogens with one attached hydrogen (secondary N) is 1.